The first-order chi connectivity index (χ1) is 15.9. The van der Waals surface area contributed by atoms with Gasteiger partial charge in [-0.1, -0.05) is 36.4 Å². The number of nitrogens with one attached hydrogen (secondary N) is 2. The molecule has 0 saturated carbocycles. The molecule has 198 valence electrons. The van der Waals surface area contributed by atoms with Crippen LogP contribution >= 0.6 is 0 Å². The van der Waals surface area contributed by atoms with E-state index in [0.29, 0.717) is 25.9 Å². The molecule has 0 bridgehead atoms. The summed E-state index contributed by atoms with van der Waals surface area (Å²) in [6.45, 7) is 2.45. The topological polar surface area (TPSA) is 71.1 Å². The zero-order valence-corrected chi connectivity index (χ0v) is 26.5. The van der Waals surface area contributed by atoms with Gasteiger partial charge in [0.1, 0.15) is 0 Å². The summed E-state index contributed by atoms with van der Waals surface area (Å²) in [5.74, 6) is 0.0891. The Morgan fingerprint density at radius 1 is 0.694 bits per heavy atom. The molecule has 0 aliphatic heterocycles. The number of rotatable bonds is 10. The molecule has 0 spiro atoms. The van der Waals surface area contributed by atoms with E-state index in [4.69, 9.17) is 4.98 Å². The molecule has 0 fully saturated rings. The summed E-state index contributed by atoms with van der Waals surface area (Å²) in [5.41, 5.74) is 3.73. The molecule has 0 aliphatic carbocycles. The Balaban J connectivity index is 0.00000324. The Labute approximate surface area is 249 Å². The summed E-state index contributed by atoms with van der Waals surface area (Å²) in [4.78, 5) is 29.7. The molecule has 0 radical (unpaired) electrons. The molecule has 2 aromatic carbocycles. The average Bonchev–Trinajstić information content (AvgIpc) is 2.76. The normalized spacial score (nSPS) is 11.5. The summed E-state index contributed by atoms with van der Waals surface area (Å²) in [6, 6.07) is 14.2. The molecule has 9 heteroatoms. The smallest absolute Gasteiger partial charge is 0.225 e. The van der Waals surface area contributed by atoms with Gasteiger partial charge >= 0.3 is 0 Å². The van der Waals surface area contributed by atoms with Crippen molar-refractivity contribution < 1.29 is 66.5 Å². The van der Waals surface area contributed by atoms with Crippen LogP contribution in [0.4, 0.5) is 0 Å². The van der Waals surface area contributed by atoms with E-state index in [2.05, 4.69) is 59.0 Å². The second kappa shape index (κ2) is 13.8. The number of aromatic nitrogens is 1. The first-order valence-corrected chi connectivity index (χ1v) is 11.9. The van der Waals surface area contributed by atoms with Crippen LogP contribution in [0.15, 0.2) is 42.5 Å². The van der Waals surface area contributed by atoms with Crippen molar-refractivity contribution in [1.29, 1.82) is 0 Å². The van der Waals surface area contributed by atoms with Crippen molar-refractivity contribution in [1.82, 2.24) is 15.6 Å². The van der Waals surface area contributed by atoms with Crippen LogP contribution in [0, 0.1) is 0 Å². The number of amides is 2. The standard InChI is InChI=1S/C27H37N5O2.2HI/c1-31(2,3)15-13-24(33)28-18-22-11-7-9-20-17-21-10-8-12-23(27(21)30-26(20)22)19-29-25(34)14-16-32(4,5)6;;/h7-12,17H,13-16,18-19H2,1-6H3;2*1H. The molecule has 36 heavy (non-hydrogen) atoms. The van der Waals surface area contributed by atoms with Gasteiger partial charge in [0.05, 0.1) is 79.3 Å². The summed E-state index contributed by atoms with van der Waals surface area (Å²) in [5, 5.41) is 8.16. The van der Waals surface area contributed by atoms with Gasteiger partial charge < -0.3 is 67.6 Å². The molecule has 2 amide bonds. The van der Waals surface area contributed by atoms with E-state index < -0.39 is 0 Å². The highest BCUT2D eigenvalue weighted by molar-refractivity contribution is 5.95. The van der Waals surface area contributed by atoms with Crippen molar-refractivity contribution in [2.75, 3.05) is 55.4 Å². The van der Waals surface area contributed by atoms with Crippen LogP contribution in [0.25, 0.3) is 21.8 Å². The van der Waals surface area contributed by atoms with Gasteiger partial charge in [0.2, 0.25) is 11.8 Å². The first kappa shape index (κ1) is 32.5. The number of benzene rings is 2. The highest BCUT2D eigenvalue weighted by Crippen LogP contribution is 2.25. The number of carbonyl (C=O) groups excluding carboxylic acids is 2. The minimum absolute atomic E-state index is 0. The SMILES string of the molecule is C[N+](C)(C)CCC(=O)NCc1cccc2cc3cccc(CNC(=O)CC[N+](C)(C)C)c3nc12.[I-].[I-]. The molecule has 0 unspecified atom stereocenters. The van der Waals surface area contributed by atoms with Gasteiger partial charge in [-0.25, -0.2) is 4.98 Å². The van der Waals surface area contributed by atoms with Gasteiger partial charge in [-0.15, -0.1) is 0 Å². The second-order valence-corrected chi connectivity index (χ2v) is 11.0. The lowest BCUT2D eigenvalue weighted by Gasteiger charge is -2.23. The van der Waals surface area contributed by atoms with E-state index >= 15 is 0 Å². The van der Waals surface area contributed by atoms with E-state index in [1.165, 1.54) is 0 Å². The third kappa shape index (κ3) is 10.1. The summed E-state index contributed by atoms with van der Waals surface area (Å²) >= 11 is 0. The highest BCUT2D eigenvalue weighted by atomic mass is 127. The fourth-order valence-electron chi connectivity index (χ4n) is 3.73. The molecule has 0 aliphatic rings. The van der Waals surface area contributed by atoms with E-state index in [0.717, 1.165) is 55.0 Å². The lowest BCUT2D eigenvalue weighted by molar-refractivity contribution is -0.869. The molecule has 3 rings (SSSR count). The minimum atomic E-state index is 0. The zero-order valence-electron chi connectivity index (χ0n) is 22.2. The molecule has 0 atom stereocenters. The summed E-state index contributed by atoms with van der Waals surface area (Å²) in [6.07, 6.45) is 0.977. The number of quaternary nitrogens is 2. The monoisotopic (exact) mass is 719 g/mol. The van der Waals surface area contributed by atoms with Crippen LogP contribution in [-0.4, -0.2) is 81.1 Å². The molecule has 1 heterocycles. The van der Waals surface area contributed by atoms with Crippen LogP contribution in [0.1, 0.15) is 24.0 Å². The van der Waals surface area contributed by atoms with Crippen LogP contribution in [-0.2, 0) is 22.7 Å². The maximum Gasteiger partial charge on any atom is 0.225 e. The number of hydrogen-bond acceptors (Lipinski definition) is 3. The van der Waals surface area contributed by atoms with Gasteiger partial charge in [-0.2, -0.15) is 0 Å². The first-order valence-electron chi connectivity index (χ1n) is 11.9. The fourth-order valence-corrected chi connectivity index (χ4v) is 3.73. The number of para-hydroxylation sites is 2. The maximum absolute atomic E-state index is 12.3. The van der Waals surface area contributed by atoms with E-state index in [9.17, 15) is 9.59 Å². The number of carbonyl (C=O) groups is 2. The minimum Gasteiger partial charge on any atom is -1.00 e. The van der Waals surface area contributed by atoms with Crippen LogP contribution in [0.5, 0.6) is 0 Å². The van der Waals surface area contributed by atoms with Crippen molar-refractivity contribution in [3.8, 4) is 0 Å². The second-order valence-electron chi connectivity index (χ2n) is 11.0. The third-order valence-electron chi connectivity index (χ3n) is 5.81. The molecule has 7 nitrogen and oxygen atoms in total. The van der Waals surface area contributed by atoms with Crippen LogP contribution < -0.4 is 58.6 Å². The Kier molecular flexibility index (Phi) is 12.5. The van der Waals surface area contributed by atoms with Gasteiger partial charge in [-0.3, -0.25) is 9.59 Å². The quantitative estimate of drug-likeness (QED) is 0.132. The number of nitrogens with zero attached hydrogens (tertiary/aromatic N) is 3. The molecule has 2 N–H and O–H groups in total. The van der Waals surface area contributed by atoms with Crippen molar-refractivity contribution in [2.24, 2.45) is 0 Å². The maximum atomic E-state index is 12.3. The molecule has 0 saturated heterocycles. The predicted octanol–water partition coefficient (Wildman–Crippen LogP) is -3.18. The van der Waals surface area contributed by atoms with Crippen molar-refractivity contribution in [3.05, 3.63) is 53.6 Å². The summed E-state index contributed by atoms with van der Waals surface area (Å²) in [7, 11) is 12.5. The van der Waals surface area contributed by atoms with Crippen LogP contribution in [0.3, 0.4) is 0 Å². The lowest BCUT2D eigenvalue weighted by atomic mass is 10.0. The Morgan fingerprint density at radius 2 is 1.08 bits per heavy atom. The van der Waals surface area contributed by atoms with E-state index in [-0.39, 0.29) is 59.8 Å². The summed E-state index contributed by atoms with van der Waals surface area (Å²) < 4.78 is 1.51. The average molecular weight is 719 g/mol. The van der Waals surface area contributed by atoms with E-state index in [1.807, 2.05) is 36.4 Å². The van der Waals surface area contributed by atoms with Gasteiger partial charge in [0, 0.05) is 23.9 Å². The Bertz CT molecular complexity index is 1100. The molecular weight excluding hydrogens is 680 g/mol. The van der Waals surface area contributed by atoms with Crippen molar-refractivity contribution in [2.45, 2.75) is 25.9 Å². The zero-order chi connectivity index (χ0) is 24.9. The van der Waals surface area contributed by atoms with Crippen molar-refractivity contribution >= 4 is 33.6 Å². The predicted molar refractivity (Wildman–Crippen MR) is 138 cm³/mol. The number of hydrogen-bond donors (Lipinski definition) is 2. The lowest BCUT2D eigenvalue weighted by Crippen LogP contribution is -3.00. The molecular formula is C27H39I2N5O2. The highest BCUT2D eigenvalue weighted by Gasteiger charge is 2.14. The molecule has 1 aromatic heterocycles. The van der Waals surface area contributed by atoms with E-state index in [1.54, 1.807) is 0 Å². The van der Waals surface area contributed by atoms with Gasteiger partial charge in [0.25, 0.3) is 0 Å². The van der Waals surface area contributed by atoms with Crippen LogP contribution in [0.2, 0.25) is 0 Å². The largest absolute Gasteiger partial charge is 1.00 e. The van der Waals surface area contributed by atoms with Gasteiger partial charge in [-0.05, 0) is 17.2 Å². The number of pyridine rings is 1. The number of halogens is 2. The molecule has 3 aromatic rings. The third-order valence-corrected chi connectivity index (χ3v) is 5.81. The van der Waals surface area contributed by atoms with Crippen molar-refractivity contribution in [3.63, 3.8) is 0 Å². The fraction of sp³-hybridized carbons (Fsp3) is 0.444. The Hall–Kier alpha value is -1.57. The van der Waals surface area contributed by atoms with Gasteiger partial charge in [0.15, 0.2) is 0 Å². The number of fused-ring (bicyclic) bond motifs is 2. The Morgan fingerprint density at radius 3 is 1.44 bits per heavy atom.